The Labute approximate surface area is 288 Å². The molecule has 5 aromatic carbocycles. The van der Waals surface area contributed by atoms with Gasteiger partial charge in [-0.2, -0.15) is 16.8 Å². The Morgan fingerprint density at radius 2 is 1.43 bits per heavy atom. The van der Waals surface area contributed by atoms with Crippen molar-refractivity contribution in [1.29, 1.82) is 0 Å². The number of fused-ring (bicyclic) bond motifs is 1. The second-order valence-electron chi connectivity index (χ2n) is 10.5. The standard InChI is InChI=1S/C30H23N5O13S3/c31-22-7-4-15-11-20(50(43,44)45)14-25(37)27(15)28(22)34-33-23-8-5-17(12-26(23)51(46,47)48)32-29(38)16-2-1-3-18(10-16)35-49(41,42)19-6-9-24(36)21(13-19)30(39)40/h1-14,35-37H,31H2,(H,32,38)(H,39,40)(H,43,44,45)(H,46,47,48). The van der Waals surface area contributed by atoms with E-state index in [1.54, 1.807) is 0 Å². The zero-order valence-corrected chi connectivity index (χ0v) is 27.7. The number of carbonyl (C=O) groups excluding carboxylic acids is 1. The molecule has 21 heteroatoms. The molecule has 0 aromatic heterocycles. The summed E-state index contributed by atoms with van der Waals surface area (Å²) >= 11 is 0. The lowest BCUT2D eigenvalue weighted by atomic mass is 10.1. The quantitative estimate of drug-likeness (QED) is 0.0553. The van der Waals surface area contributed by atoms with Crippen LogP contribution in [0.2, 0.25) is 0 Å². The molecule has 0 aliphatic rings. The Kier molecular flexibility index (Phi) is 9.43. The first kappa shape index (κ1) is 36.2. The highest BCUT2D eigenvalue weighted by atomic mass is 32.2. The zero-order chi connectivity index (χ0) is 37.5. The number of nitrogens with one attached hydrogen (secondary N) is 2. The van der Waals surface area contributed by atoms with Gasteiger partial charge in [0.05, 0.1) is 20.9 Å². The molecule has 0 heterocycles. The van der Waals surface area contributed by atoms with Crippen molar-refractivity contribution in [3.8, 4) is 11.5 Å². The summed E-state index contributed by atoms with van der Waals surface area (Å²) in [7, 11) is -14.1. The molecule has 51 heavy (non-hydrogen) atoms. The van der Waals surface area contributed by atoms with Crippen LogP contribution in [0, 0.1) is 0 Å². The van der Waals surface area contributed by atoms with Gasteiger partial charge >= 0.3 is 5.97 Å². The topological polar surface area (TPSA) is 313 Å². The predicted molar refractivity (Wildman–Crippen MR) is 181 cm³/mol. The number of nitrogen functional groups attached to an aromatic ring is 1. The van der Waals surface area contributed by atoms with Gasteiger partial charge in [0.1, 0.15) is 33.3 Å². The number of azo groups is 1. The van der Waals surface area contributed by atoms with Crippen LogP contribution in [-0.2, 0) is 30.3 Å². The molecule has 0 unspecified atom stereocenters. The van der Waals surface area contributed by atoms with Crippen LogP contribution in [0.5, 0.6) is 11.5 Å². The number of nitrogens with two attached hydrogens (primary N) is 1. The molecule has 264 valence electrons. The van der Waals surface area contributed by atoms with Gasteiger partial charge < -0.3 is 26.4 Å². The summed E-state index contributed by atoms with van der Waals surface area (Å²) in [4.78, 5) is 22.4. The highest BCUT2D eigenvalue weighted by Crippen LogP contribution is 2.41. The van der Waals surface area contributed by atoms with Crippen LogP contribution in [0.4, 0.5) is 28.4 Å². The number of aromatic hydroxyl groups is 2. The molecule has 18 nitrogen and oxygen atoms in total. The van der Waals surface area contributed by atoms with Gasteiger partial charge in [-0.25, -0.2) is 13.2 Å². The summed E-state index contributed by atoms with van der Waals surface area (Å²) in [5.41, 5.74) is 4.19. The Bertz CT molecular complexity index is 2650. The lowest BCUT2D eigenvalue weighted by Gasteiger charge is -2.12. The highest BCUT2D eigenvalue weighted by molar-refractivity contribution is 7.92. The molecule has 5 aromatic rings. The number of phenols is 2. The molecular weight excluding hydrogens is 735 g/mol. The maximum atomic E-state index is 13.1. The smallest absolute Gasteiger partial charge is 0.339 e. The minimum Gasteiger partial charge on any atom is -0.507 e. The molecule has 9 N–H and O–H groups in total. The number of phenolic OH excluding ortho intramolecular Hbond substituents is 1. The molecule has 0 saturated carbocycles. The Morgan fingerprint density at radius 3 is 2.10 bits per heavy atom. The number of amides is 1. The summed E-state index contributed by atoms with van der Waals surface area (Å²) in [6, 6.07) is 15.1. The van der Waals surface area contributed by atoms with Crippen molar-refractivity contribution in [2.45, 2.75) is 14.7 Å². The third-order valence-electron chi connectivity index (χ3n) is 7.01. The first-order valence-electron chi connectivity index (χ1n) is 13.8. The summed E-state index contributed by atoms with van der Waals surface area (Å²) in [6.07, 6.45) is 0. The first-order chi connectivity index (χ1) is 23.7. The van der Waals surface area contributed by atoms with Gasteiger partial charge in [0, 0.05) is 23.0 Å². The number of aromatic carboxylic acids is 1. The second-order valence-corrected chi connectivity index (χ2v) is 15.0. The number of carbonyl (C=O) groups is 2. The molecule has 0 atom stereocenters. The van der Waals surface area contributed by atoms with Crippen molar-refractivity contribution in [2.24, 2.45) is 10.2 Å². The molecule has 0 radical (unpaired) electrons. The minimum absolute atomic E-state index is 0.0726. The van der Waals surface area contributed by atoms with Crippen LogP contribution in [0.3, 0.4) is 0 Å². The van der Waals surface area contributed by atoms with E-state index in [9.17, 15) is 59.3 Å². The summed E-state index contributed by atoms with van der Waals surface area (Å²) < 4.78 is 95.0. The van der Waals surface area contributed by atoms with E-state index in [2.05, 4.69) is 20.3 Å². The highest BCUT2D eigenvalue weighted by Gasteiger charge is 2.22. The van der Waals surface area contributed by atoms with Crippen LogP contribution >= 0.6 is 0 Å². The number of sulfonamides is 1. The number of anilines is 3. The fourth-order valence-electron chi connectivity index (χ4n) is 4.65. The average Bonchev–Trinajstić information content (AvgIpc) is 3.03. The number of hydrogen-bond acceptors (Lipinski definition) is 13. The fourth-order valence-corrected chi connectivity index (χ4v) is 6.91. The van der Waals surface area contributed by atoms with Crippen molar-refractivity contribution in [3.05, 3.63) is 96.1 Å². The van der Waals surface area contributed by atoms with E-state index in [1.807, 2.05) is 0 Å². The number of nitrogens with zero attached hydrogens (tertiary/aromatic N) is 2. The largest absolute Gasteiger partial charge is 0.507 e. The van der Waals surface area contributed by atoms with E-state index in [4.69, 9.17) is 5.73 Å². The number of hydrogen-bond donors (Lipinski definition) is 8. The van der Waals surface area contributed by atoms with Gasteiger partial charge in [0.15, 0.2) is 0 Å². The summed E-state index contributed by atoms with van der Waals surface area (Å²) in [5, 5.41) is 39.5. The second kappa shape index (κ2) is 13.3. The van der Waals surface area contributed by atoms with Gasteiger partial charge in [0.25, 0.3) is 36.2 Å². The van der Waals surface area contributed by atoms with Gasteiger partial charge in [-0.3, -0.25) is 18.6 Å². The molecule has 0 aliphatic carbocycles. The Hall–Kier alpha value is -6.13. The Balaban J connectivity index is 1.42. The van der Waals surface area contributed by atoms with Crippen molar-refractivity contribution in [3.63, 3.8) is 0 Å². The monoisotopic (exact) mass is 757 g/mol. The van der Waals surface area contributed by atoms with E-state index in [1.165, 1.54) is 36.4 Å². The van der Waals surface area contributed by atoms with Crippen LogP contribution in [0.1, 0.15) is 20.7 Å². The average molecular weight is 758 g/mol. The zero-order valence-electron chi connectivity index (χ0n) is 25.3. The van der Waals surface area contributed by atoms with Crippen LogP contribution in [0.15, 0.2) is 110 Å². The van der Waals surface area contributed by atoms with Gasteiger partial charge in [-0.05, 0) is 72.1 Å². The molecule has 0 aliphatic heterocycles. The van der Waals surface area contributed by atoms with Crippen molar-refractivity contribution < 1.29 is 59.3 Å². The number of benzene rings is 5. The lowest BCUT2D eigenvalue weighted by Crippen LogP contribution is -2.16. The van der Waals surface area contributed by atoms with E-state index >= 15 is 0 Å². The summed E-state index contributed by atoms with van der Waals surface area (Å²) in [5.74, 6) is -3.72. The molecule has 0 fully saturated rings. The number of carboxylic acids is 1. The van der Waals surface area contributed by atoms with Crippen molar-refractivity contribution in [1.82, 2.24) is 0 Å². The maximum Gasteiger partial charge on any atom is 0.339 e. The van der Waals surface area contributed by atoms with Crippen LogP contribution in [-0.4, -0.2) is 61.6 Å². The fraction of sp³-hybridized carbons (Fsp3) is 0. The lowest BCUT2D eigenvalue weighted by molar-refractivity contribution is 0.0693. The maximum absolute atomic E-state index is 13.1. The van der Waals surface area contributed by atoms with E-state index in [0.29, 0.717) is 0 Å². The molecule has 5 rings (SSSR count). The SMILES string of the molecule is Nc1ccc2cc(S(=O)(=O)O)cc(O)c2c1N=Nc1ccc(NC(=O)c2cccc(NS(=O)(=O)c3ccc(O)c(C(=O)O)c3)c2)cc1S(=O)(=O)O. The minimum atomic E-state index is -5.02. The molecule has 0 bridgehead atoms. The number of carboxylic acid groups (broad SMARTS) is 1. The normalized spacial score (nSPS) is 12.2. The van der Waals surface area contributed by atoms with Gasteiger partial charge in [0.2, 0.25) is 0 Å². The number of rotatable bonds is 10. The van der Waals surface area contributed by atoms with Gasteiger partial charge in [-0.15, -0.1) is 10.2 Å². The first-order valence-corrected chi connectivity index (χ1v) is 18.2. The third-order valence-corrected chi connectivity index (χ3v) is 10.1. The van der Waals surface area contributed by atoms with E-state index < -0.39 is 79.6 Å². The Morgan fingerprint density at radius 1 is 0.706 bits per heavy atom. The predicted octanol–water partition coefficient (Wildman–Crippen LogP) is 4.49. The van der Waals surface area contributed by atoms with Crippen LogP contribution in [0.25, 0.3) is 10.8 Å². The molecule has 1 amide bonds. The van der Waals surface area contributed by atoms with Crippen LogP contribution < -0.4 is 15.8 Å². The van der Waals surface area contributed by atoms with Gasteiger partial charge in [-0.1, -0.05) is 12.1 Å². The van der Waals surface area contributed by atoms with Crippen molar-refractivity contribution in [2.75, 3.05) is 15.8 Å². The molecule has 0 spiro atoms. The summed E-state index contributed by atoms with van der Waals surface area (Å²) in [6.45, 7) is 0. The van der Waals surface area contributed by atoms with E-state index in [0.717, 1.165) is 48.5 Å². The molecule has 0 saturated heterocycles. The van der Waals surface area contributed by atoms with E-state index in [-0.39, 0.29) is 39.1 Å². The third kappa shape index (κ3) is 7.87. The van der Waals surface area contributed by atoms with Crippen molar-refractivity contribution >= 4 is 81.3 Å². The molecular formula is C30H23N5O13S3.